The highest BCUT2D eigenvalue weighted by atomic mass is 16.7. The molecule has 2 aliphatic heterocycles. The monoisotopic (exact) mass is 969 g/mol. The van der Waals surface area contributed by atoms with Gasteiger partial charge in [0.25, 0.3) is 0 Å². The fourth-order valence-corrected chi connectivity index (χ4v) is 15.6. The van der Waals surface area contributed by atoms with Gasteiger partial charge in [0.15, 0.2) is 12.4 Å². The van der Waals surface area contributed by atoms with Crippen LogP contribution < -0.4 is 0 Å². The summed E-state index contributed by atoms with van der Waals surface area (Å²) >= 11 is 0. The maximum absolute atomic E-state index is 14.7. The van der Waals surface area contributed by atoms with E-state index in [2.05, 4.69) is 54.5 Å². The Bertz CT molecular complexity index is 1890. The maximum atomic E-state index is 14.7. The predicted molar refractivity (Wildman–Crippen MR) is 238 cm³/mol. The molecule has 0 aromatic rings. The van der Waals surface area contributed by atoms with E-state index in [-0.39, 0.29) is 45.8 Å². The highest BCUT2D eigenvalue weighted by molar-refractivity contribution is 5.79. The summed E-state index contributed by atoms with van der Waals surface area (Å²) in [5.74, 6) is -2.06. The molecule has 0 aromatic heterocycles. The van der Waals surface area contributed by atoms with E-state index in [1.54, 1.807) is 0 Å². The Kier molecular flexibility index (Phi) is 14.3. The third-order valence-electron chi connectivity index (χ3n) is 20.0. The molecule has 0 spiro atoms. The number of methoxy groups -OCH3 is 1. The van der Waals surface area contributed by atoms with Gasteiger partial charge in [-0.3, -0.25) is 4.79 Å². The van der Waals surface area contributed by atoms with Gasteiger partial charge in [-0.1, -0.05) is 60.1 Å². The molecule has 2 saturated heterocycles. The number of carbonyl (C=O) groups excluding carboxylic acids is 2. The topological polar surface area (TPSA) is 292 Å². The Balaban J connectivity index is 1.05. The van der Waals surface area contributed by atoms with Gasteiger partial charge < -0.3 is 79.5 Å². The first-order valence-electron chi connectivity index (χ1n) is 25.0. The molecule has 388 valence electrons. The highest BCUT2D eigenvalue weighted by Gasteiger charge is 2.70. The molecule has 8 aliphatic rings. The van der Waals surface area contributed by atoms with Crippen molar-refractivity contribution in [3.63, 3.8) is 0 Å². The van der Waals surface area contributed by atoms with E-state index >= 15 is 0 Å². The Morgan fingerprint density at radius 3 is 2.03 bits per heavy atom. The van der Waals surface area contributed by atoms with Gasteiger partial charge in [-0.25, -0.2) is 4.79 Å². The predicted octanol–water partition coefficient (Wildman–Crippen LogP) is 0.985. The van der Waals surface area contributed by atoms with Gasteiger partial charge in [-0.15, -0.1) is 0 Å². The number of esters is 2. The molecule has 23 unspecified atom stereocenters. The number of aliphatic hydroxyl groups is 10. The molecule has 5 saturated carbocycles. The molecular weight excluding hydrogens is 889 g/mol. The number of aliphatic hydroxyl groups excluding tert-OH is 10. The summed E-state index contributed by atoms with van der Waals surface area (Å²) in [4.78, 5) is 27.6. The summed E-state index contributed by atoms with van der Waals surface area (Å²) in [6.07, 6.45) is -12.6. The molecule has 18 heteroatoms. The number of fused-ring (bicyclic) bond motifs is 7. The average Bonchev–Trinajstić information content (AvgIpc) is 3.29. The second-order valence-corrected chi connectivity index (χ2v) is 24.2. The molecule has 0 radical (unpaired) electrons. The van der Waals surface area contributed by atoms with Crippen molar-refractivity contribution in [1.29, 1.82) is 0 Å². The normalized spacial score (nSPS) is 52.0. The Labute approximate surface area is 399 Å². The molecule has 0 amide bonds. The van der Waals surface area contributed by atoms with Crippen LogP contribution in [-0.2, 0) is 38.0 Å². The first kappa shape index (κ1) is 52.4. The van der Waals surface area contributed by atoms with E-state index in [0.717, 1.165) is 52.1 Å². The van der Waals surface area contributed by atoms with Crippen LogP contribution in [0.25, 0.3) is 0 Å². The lowest BCUT2D eigenvalue weighted by atomic mass is 9.33. The first-order chi connectivity index (χ1) is 31.8. The maximum Gasteiger partial charge on any atom is 0.337 e. The quantitative estimate of drug-likeness (QED) is 0.0876. The lowest BCUT2D eigenvalue weighted by Gasteiger charge is -2.71. The number of allylic oxidation sites excluding steroid dienone is 2. The van der Waals surface area contributed by atoms with E-state index in [4.69, 9.17) is 28.4 Å². The molecule has 68 heavy (non-hydrogen) atoms. The van der Waals surface area contributed by atoms with Gasteiger partial charge in [0, 0.05) is 12.5 Å². The standard InChI is InChI=1S/C50H80O18/c1-45(2)15-17-50(44(62)68-42-38(60)35(57)33(55)27(22-52)65-42)18-16-48(6)24(25(50)20-45)9-10-29-47(5)13-12-30(46(3,4)28(47)11-14-49(29,48)7)66-43-40(37(59)36(58)39(67-43)41(61)63-8)64-26-19-23(21-51)31(53)34(56)32(26)54/h9,23,25-40,42-43,51-60H,10-22H2,1-8H3. The van der Waals surface area contributed by atoms with Crippen molar-refractivity contribution in [3.8, 4) is 0 Å². The van der Waals surface area contributed by atoms with Crippen molar-refractivity contribution < 1.29 is 89.1 Å². The van der Waals surface area contributed by atoms with Crippen LogP contribution in [0, 0.1) is 56.2 Å². The lowest BCUT2D eigenvalue weighted by Crippen LogP contribution is -2.67. The third kappa shape index (κ3) is 8.14. The van der Waals surface area contributed by atoms with Crippen molar-refractivity contribution in [3.05, 3.63) is 11.6 Å². The third-order valence-corrected chi connectivity index (χ3v) is 20.0. The minimum absolute atomic E-state index is 0.0701. The van der Waals surface area contributed by atoms with Crippen LogP contribution in [0.3, 0.4) is 0 Å². The Hall–Kier alpha value is -1.88. The van der Waals surface area contributed by atoms with Crippen molar-refractivity contribution in [2.75, 3.05) is 20.3 Å². The minimum atomic E-state index is -1.79. The molecule has 10 N–H and O–H groups in total. The fourth-order valence-electron chi connectivity index (χ4n) is 15.6. The second kappa shape index (κ2) is 18.6. The second-order valence-electron chi connectivity index (χ2n) is 24.2. The van der Waals surface area contributed by atoms with Crippen LogP contribution in [0.5, 0.6) is 0 Å². The largest absolute Gasteiger partial charge is 0.467 e. The van der Waals surface area contributed by atoms with Gasteiger partial charge in [-0.2, -0.15) is 0 Å². The van der Waals surface area contributed by atoms with Gasteiger partial charge in [0.2, 0.25) is 6.29 Å². The van der Waals surface area contributed by atoms with Crippen molar-refractivity contribution in [2.24, 2.45) is 56.2 Å². The molecule has 2 heterocycles. The first-order valence-corrected chi connectivity index (χ1v) is 25.0. The van der Waals surface area contributed by atoms with Crippen LogP contribution in [0.15, 0.2) is 11.6 Å². The van der Waals surface area contributed by atoms with Crippen LogP contribution in [0.4, 0.5) is 0 Å². The summed E-state index contributed by atoms with van der Waals surface area (Å²) in [5.41, 5.74) is -0.848. The zero-order valence-corrected chi connectivity index (χ0v) is 41.0. The van der Waals surface area contributed by atoms with Gasteiger partial charge >= 0.3 is 11.9 Å². The summed E-state index contributed by atoms with van der Waals surface area (Å²) in [6.45, 7) is 14.9. The molecule has 6 aliphatic carbocycles. The van der Waals surface area contributed by atoms with E-state index in [9.17, 15) is 60.7 Å². The molecule has 18 nitrogen and oxygen atoms in total. The van der Waals surface area contributed by atoms with Crippen LogP contribution >= 0.6 is 0 Å². The SMILES string of the molecule is COC(=O)C1OC(OC2CCC3(C)C(CCC4(C)C3CC=C3C5CC(C)(C)CCC5(C(=O)OC5OC(CO)C(O)C(O)C5O)CCC34C)C2(C)C)C(OC2CC(CO)C(O)C(O)C2O)C(O)C1O. The van der Waals surface area contributed by atoms with Crippen LogP contribution in [0.2, 0.25) is 0 Å². The Morgan fingerprint density at radius 2 is 1.37 bits per heavy atom. The van der Waals surface area contributed by atoms with E-state index in [0.29, 0.717) is 19.3 Å². The van der Waals surface area contributed by atoms with Crippen molar-refractivity contribution in [2.45, 2.75) is 211 Å². The molecule has 0 aromatic carbocycles. The zero-order valence-electron chi connectivity index (χ0n) is 41.0. The number of hydrogen-bond donors (Lipinski definition) is 10. The van der Waals surface area contributed by atoms with Gasteiger partial charge in [0.1, 0.15) is 54.9 Å². The molecule has 8 rings (SSSR count). The summed E-state index contributed by atoms with van der Waals surface area (Å²) in [7, 11) is 1.14. The summed E-state index contributed by atoms with van der Waals surface area (Å²) < 4.78 is 35.8. The summed E-state index contributed by atoms with van der Waals surface area (Å²) in [6, 6.07) is 0. The molecule has 7 fully saturated rings. The molecule has 0 bridgehead atoms. The number of rotatable bonds is 9. The fraction of sp³-hybridized carbons (Fsp3) is 0.920. The zero-order chi connectivity index (χ0) is 49.8. The van der Waals surface area contributed by atoms with Crippen LogP contribution in [0.1, 0.15) is 119 Å². The van der Waals surface area contributed by atoms with E-state index in [1.165, 1.54) is 5.57 Å². The average molecular weight is 969 g/mol. The van der Waals surface area contributed by atoms with E-state index in [1.807, 2.05) is 0 Å². The minimum Gasteiger partial charge on any atom is -0.467 e. The number of ether oxygens (including phenoxy) is 6. The lowest BCUT2D eigenvalue weighted by molar-refractivity contribution is -0.342. The smallest absolute Gasteiger partial charge is 0.337 e. The Morgan fingerprint density at radius 1 is 0.691 bits per heavy atom. The van der Waals surface area contributed by atoms with Crippen molar-refractivity contribution >= 4 is 11.9 Å². The number of hydrogen-bond acceptors (Lipinski definition) is 18. The summed E-state index contributed by atoms with van der Waals surface area (Å²) in [5, 5.41) is 106. The molecular formula is C50H80O18. The highest BCUT2D eigenvalue weighted by Crippen LogP contribution is 2.76. The number of carbonyl (C=O) groups is 2. The molecule has 23 atom stereocenters. The van der Waals surface area contributed by atoms with Gasteiger partial charge in [-0.05, 0) is 115 Å². The van der Waals surface area contributed by atoms with E-state index < -0.39 is 134 Å². The van der Waals surface area contributed by atoms with Crippen molar-refractivity contribution in [1.82, 2.24) is 0 Å². The van der Waals surface area contributed by atoms with Gasteiger partial charge in [0.05, 0.1) is 37.4 Å². The van der Waals surface area contributed by atoms with Crippen LogP contribution in [-0.4, -0.2) is 175 Å².